The number of carbonyl (C=O) groups is 1. The van der Waals surface area contributed by atoms with E-state index in [0.29, 0.717) is 28.4 Å². The van der Waals surface area contributed by atoms with Gasteiger partial charge in [0.25, 0.3) is 5.56 Å². The Morgan fingerprint density at radius 2 is 1.83 bits per heavy atom. The second kappa shape index (κ2) is 9.09. The summed E-state index contributed by atoms with van der Waals surface area (Å²) in [6.45, 7) is 4.64. The van der Waals surface area contributed by atoms with Crippen molar-refractivity contribution in [2.75, 3.05) is 6.54 Å². The lowest BCUT2D eigenvalue weighted by molar-refractivity contribution is -0.121. The maximum atomic E-state index is 13.1. The first-order valence-electron chi connectivity index (χ1n) is 9.60. The number of aromatic nitrogens is 2. The van der Waals surface area contributed by atoms with Crippen LogP contribution in [-0.2, 0) is 17.9 Å². The molecule has 0 radical (unpaired) electrons. The molecule has 1 amide bonds. The van der Waals surface area contributed by atoms with Crippen LogP contribution in [0.4, 0.5) is 0 Å². The predicted molar refractivity (Wildman–Crippen MR) is 115 cm³/mol. The average Bonchev–Trinajstić information content (AvgIpc) is 2.68. The molecule has 1 aromatic heterocycles. The van der Waals surface area contributed by atoms with Crippen molar-refractivity contribution in [2.45, 2.75) is 33.4 Å². The first kappa shape index (κ1) is 20.9. The van der Waals surface area contributed by atoms with Gasteiger partial charge in [0, 0.05) is 11.6 Å². The van der Waals surface area contributed by atoms with E-state index in [9.17, 15) is 14.4 Å². The Kier molecular flexibility index (Phi) is 6.54. The summed E-state index contributed by atoms with van der Waals surface area (Å²) >= 11 is 6.03. The van der Waals surface area contributed by atoms with Crippen molar-refractivity contribution in [1.29, 1.82) is 0 Å². The number of nitrogens with one attached hydrogen (secondary N) is 1. The summed E-state index contributed by atoms with van der Waals surface area (Å²) in [7, 11) is 0. The number of fused-ring (bicyclic) bond motifs is 1. The molecule has 0 unspecified atom stereocenters. The van der Waals surface area contributed by atoms with Crippen molar-refractivity contribution < 1.29 is 4.79 Å². The van der Waals surface area contributed by atoms with Gasteiger partial charge in [-0.15, -0.1) is 0 Å². The number of nitrogens with zero attached hydrogens (tertiary/aromatic N) is 2. The van der Waals surface area contributed by atoms with Crippen molar-refractivity contribution >= 4 is 28.4 Å². The molecule has 2 aromatic carbocycles. The zero-order valence-corrected chi connectivity index (χ0v) is 17.3. The van der Waals surface area contributed by atoms with E-state index in [1.807, 2.05) is 0 Å². The summed E-state index contributed by atoms with van der Waals surface area (Å²) in [5.41, 5.74) is 0.276. The second-order valence-corrected chi connectivity index (χ2v) is 7.88. The normalized spacial score (nSPS) is 11.2. The molecule has 0 saturated heterocycles. The van der Waals surface area contributed by atoms with Gasteiger partial charge in [-0.3, -0.25) is 18.7 Å². The third kappa shape index (κ3) is 4.95. The molecule has 6 nitrogen and oxygen atoms in total. The molecule has 3 aromatic rings. The molecule has 1 N–H and O–H groups in total. The molecule has 0 aliphatic heterocycles. The number of carbonyl (C=O) groups excluding carboxylic acids is 1. The Morgan fingerprint density at radius 3 is 2.55 bits per heavy atom. The van der Waals surface area contributed by atoms with E-state index in [-0.39, 0.29) is 24.6 Å². The quantitative estimate of drug-likeness (QED) is 0.647. The minimum absolute atomic E-state index is 0.0814. The summed E-state index contributed by atoms with van der Waals surface area (Å²) in [6, 6.07) is 13.8. The minimum atomic E-state index is -0.521. The molecular weight excluding hydrogens is 390 g/mol. The number of hydrogen-bond donors (Lipinski definition) is 1. The molecule has 1 heterocycles. The van der Waals surface area contributed by atoms with Crippen LogP contribution >= 0.6 is 11.6 Å². The van der Waals surface area contributed by atoms with E-state index < -0.39 is 5.69 Å². The van der Waals surface area contributed by atoms with Crippen LogP contribution in [0.25, 0.3) is 10.9 Å². The Morgan fingerprint density at radius 1 is 1.07 bits per heavy atom. The smallest absolute Gasteiger partial charge is 0.332 e. The molecule has 0 atom stereocenters. The summed E-state index contributed by atoms with van der Waals surface area (Å²) in [4.78, 5) is 38.5. The Bertz CT molecular complexity index is 1150. The van der Waals surface area contributed by atoms with Gasteiger partial charge in [0.2, 0.25) is 5.91 Å². The van der Waals surface area contributed by atoms with Crippen LogP contribution in [-0.4, -0.2) is 21.6 Å². The Hall–Kier alpha value is -2.86. The lowest BCUT2D eigenvalue weighted by atomic mass is 10.1. The Balaban J connectivity index is 2.01. The lowest BCUT2D eigenvalue weighted by Crippen LogP contribution is -2.43. The van der Waals surface area contributed by atoms with Gasteiger partial charge in [0.15, 0.2) is 0 Å². The first-order valence-corrected chi connectivity index (χ1v) is 9.98. The highest BCUT2D eigenvalue weighted by Gasteiger charge is 2.15. The number of benzene rings is 2. The fraction of sp³-hybridized carbons (Fsp3) is 0.318. The number of rotatable bonds is 7. The summed E-state index contributed by atoms with van der Waals surface area (Å²) in [6.07, 6.45) is 0.857. The monoisotopic (exact) mass is 413 g/mol. The van der Waals surface area contributed by atoms with Crippen LogP contribution in [0.3, 0.4) is 0 Å². The van der Waals surface area contributed by atoms with E-state index >= 15 is 0 Å². The first-order chi connectivity index (χ1) is 13.9. The third-order valence-corrected chi connectivity index (χ3v) is 4.94. The van der Waals surface area contributed by atoms with E-state index in [1.165, 1.54) is 4.57 Å². The third-order valence-electron chi connectivity index (χ3n) is 4.71. The van der Waals surface area contributed by atoms with Crippen molar-refractivity contribution in [3.8, 4) is 0 Å². The highest BCUT2D eigenvalue weighted by atomic mass is 35.5. The van der Waals surface area contributed by atoms with Gasteiger partial charge in [-0.25, -0.2) is 4.79 Å². The summed E-state index contributed by atoms with van der Waals surface area (Å²) in [5.74, 6) is 0.212. The molecule has 0 saturated carbocycles. The van der Waals surface area contributed by atoms with Gasteiger partial charge < -0.3 is 5.32 Å². The van der Waals surface area contributed by atoms with Crippen LogP contribution in [0.15, 0.2) is 58.1 Å². The van der Waals surface area contributed by atoms with Crippen LogP contribution in [0.1, 0.15) is 25.8 Å². The van der Waals surface area contributed by atoms with Gasteiger partial charge >= 0.3 is 5.69 Å². The van der Waals surface area contributed by atoms with Gasteiger partial charge in [-0.1, -0.05) is 49.7 Å². The molecule has 29 heavy (non-hydrogen) atoms. The topological polar surface area (TPSA) is 73.1 Å². The van der Waals surface area contributed by atoms with Gasteiger partial charge in [0.1, 0.15) is 6.54 Å². The van der Waals surface area contributed by atoms with Gasteiger partial charge in [0.05, 0.1) is 17.4 Å². The fourth-order valence-electron chi connectivity index (χ4n) is 3.18. The SMILES string of the molecule is CC(C)CCNC(=O)Cn1c(=O)n(Cc2cccc(Cl)c2)c(=O)c2ccccc21. The molecule has 0 aliphatic carbocycles. The highest BCUT2D eigenvalue weighted by molar-refractivity contribution is 6.30. The summed E-state index contributed by atoms with van der Waals surface area (Å²) in [5, 5.41) is 3.76. The molecule has 7 heteroatoms. The van der Waals surface area contributed by atoms with Crippen molar-refractivity contribution in [1.82, 2.24) is 14.5 Å². The lowest BCUT2D eigenvalue weighted by Gasteiger charge is -2.14. The number of hydrogen-bond acceptors (Lipinski definition) is 3. The number of halogens is 1. The van der Waals surface area contributed by atoms with Crippen molar-refractivity contribution in [3.63, 3.8) is 0 Å². The molecule has 152 valence electrons. The van der Waals surface area contributed by atoms with Crippen molar-refractivity contribution in [3.05, 3.63) is 80.0 Å². The molecular formula is C22H24ClN3O3. The maximum Gasteiger partial charge on any atom is 0.332 e. The van der Waals surface area contributed by atoms with Gasteiger partial charge in [-0.05, 0) is 42.2 Å². The van der Waals surface area contributed by atoms with E-state index in [2.05, 4.69) is 19.2 Å². The van der Waals surface area contributed by atoms with Crippen LogP contribution < -0.4 is 16.6 Å². The van der Waals surface area contributed by atoms with Crippen LogP contribution in [0.5, 0.6) is 0 Å². The molecule has 0 bridgehead atoms. The maximum absolute atomic E-state index is 13.1. The zero-order chi connectivity index (χ0) is 21.0. The minimum Gasteiger partial charge on any atom is -0.355 e. The largest absolute Gasteiger partial charge is 0.355 e. The standard InChI is InChI=1S/C22H24ClN3O3/c1-15(2)10-11-24-20(27)14-25-19-9-4-3-8-18(19)21(28)26(22(25)29)13-16-6-5-7-17(23)12-16/h3-9,12,15H,10-11,13-14H2,1-2H3,(H,24,27). The second-order valence-electron chi connectivity index (χ2n) is 7.44. The van der Waals surface area contributed by atoms with Crippen LogP contribution in [0, 0.1) is 5.92 Å². The van der Waals surface area contributed by atoms with E-state index in [0.717, 1.165) is 16.6 Å². The predicted octanol–water partition coefficient (Wildman–Crippen LogP) is 3.03. The van der Waals surface area contributed by atoms with Gasteiger partial charge in [-0.2, -0.15) is 0 Å². The Labute approximate surface area is 173 Å². The summed E-state index contributed by atoms with van der Waals surface area (Å²) < 4.78 is 2.50. The molecule has 3 rings (SSSR count). The van der Waals surface area contributed by atoms with Crippen molar-refractivity contribution in [2.24, 2.45) is 5.92 Å². The number of amides is 1. The molecule has 0 spiro atoms. The molecule has 0 aliphatic rings. The average molecular weight is 414 g/mol. The van der Waals surface area contributed by atoms with E-state index in [1.54, 1.807) is 48.5 Å². The van der Waals surface area contributed by atoms with Crippen LogP contribution in [0.2, 0.25) is 5.02 Å². The highest BCUT2D eigenvalue weighted by Crippen LogP contribution is 2.12. The zero-order valence-electron chi connectivity index (χ0n) is 16.5. The number of para-hydroxylation sites is 1. The fourth-order valence-corrected chi connectivity index (χ4v) is 3.39. The van der Waals surface area contributed by atoms with E-state index in [4.69, 9.17) is 11.6 Å². The molecule has 0 fully saturated rings.